The van der Waals surface area contributed by atoms with Gasteiger partial charge in [0.1, 0.15) is 17.5 Å². The van der Waals surface area contributed by atoms with Gasteiger partial charge >= 0.3 is 0 Å². The lowest BCUT2D eigenvalue weighted by Crippen LogP contribution is -2.37. The largest absolute Gasteiger partial charge is 0.356 e. The SMILES string of the molecule is CC1CC(Nc2cc(N3CCC3)nc(Sc3ccc(NC(=O)c4ccccc4Cl)cc3)n2)=NN1. The van der Waals surface area contributed by atoms with Crippen molar-refractivity contribution >= 4 is 52.4 Å². The molecule has 3 heterocycles. The topological polar surface area (TPSA) is 94.5 Å². The van der Waals surface area contributed by atoms with Crippen molar-refractivity contribution in [2.45, 2.75) is 35.9 Å². The van der Waals surface area contributed by atoms with Crippen molar-refractivity contribution in [2.24, 2.45) is 5.10 Å². The first kappa shape index (κ1) is 22.5. The second-order valence-electron chi connectivity index (χ2n) is 8.21. The quantitative estimate of drug-likeness (QED) is 0.422. The van der Waals surface area contributed by atoms with Crippen LogP contribution in [-0.2, 0) is 0 Å². The Hall–Kier alpha value is -3.30. The monoisotopic (exact) mass is 493 g/mol. The first-order chi connectivity index (χ1) is 16.5. The van der Waals surface area contributed by atoms with Gasteiger partial charge in [0.15, 0.2) is 5.16 Å². The molecule has 0 radical (unpaired) electrons. The number of hydrazone groups is 1. The van der Waals surface area contributed by atoms with Gasteiger partial charge in [0.25, 0.3) is 5.91 Å². The van der Waals surface area contributed by atoms with Gasteiger partial charge in [-0.2, -0.15) is 5.10 Å². The van der Waals surface area contributed by atoms with Gasteiger partial charge in [0.05, 0.1) is 10.6 Å². The predicted molar refractivity (Wildman–Crippen MR) is 137 cm³/mol. The van der Waals surface area contributed by atoms with Crippen LogP contribution in [0.15, 0.2) is 69.8 Å². The Morgan fingerprint density at radius 2 is 1.94 bits per heavy atom. The molecule has 8 nitrogen and oxygen atoms in total. The normalized spacial score (nSPS) is 16.9. The minimum Gasteiger partial charge on any atom is -0.356 e. The number of aromatic nitrogens is 2. The van der Waals surface area contributed by atoms with Gasteiger partial charge in [-0.3, -0.25) is 4.79 Å². The Morgan fingerprint density at radius 3 is 2.62 bits per heavy atom. The zero-order valence-corrected chi connectivity index (χ0v) is 20.2. The van der Waals surface area contributed by atoms with Crippen molar-refractivity contribution < 1.29 is 4.79 Å². The average Bonchev–Trinajstić information content (AvgIpc) is 3.18. The predicted octanol–water partition coefficient (Wildman–Crippen LogP) is 4.85. The van der Waals surface area contributed by atoms with Crippen LogP contribution >= 0.6 is 23.4 Å². The summed E-state index contributed by atoms with van der Waals surface area (Å²) in [5.74, 6) is 2.27. The lowest BCUT2D eigenvalue weighted by atomic mass is 10.2. The van der Waals surface area contributed by atoms with E-state index in [1.807, 2.05) is 30.3 Å². The number of anilines is 3. The molecule has 1 unspecified atom stereocenters. The van der Waals surface area contributed by atoms with Crippen LogP contribution < -0.4 is 21.0 Å². The van der Waals surface area contributed by atoms with Crippen LogP contribution in [0.5, 0.6) is 0 Å². The van der Waals surface area contributed by atoms with Gasteiger partial charge in [-0.1, -0.05) is 23.7 Å². The number of amides is 1. The fraction of sp³-hybridized carbons (Fsp3) is 0.250. The summed E-state index contributed by atoms with van der Waals surface area (Å²) >= 11 is 7.60. The second-order valence-corrected chi connectivity index (χ2v) is 9.66. The minimum absolute atomic E-state index is 0.245. The van der Waals surface area contributed by atoms with Crippen LogP contribution in [0.1, 0.15) is 30.1 Å². The maximum absolute atomic E-state index is 12.5. The summed E-state index contributed by atoms with van der Waals surface area (Å²) in [7, 11) is 0. The third kappa shape index (κ3) is 5.26. The Balaban J connectivity index is 1.29. The van der Waals surface area contributed by atoms with Crippen molar-refractivity contribution in [1.82, 2.24) is 15.4 Å². The van der Waals surface area contributed by atoms with E-state index < -0.39 is 0 Å². The van der Waals surface area contributed by atoms with Gasteiger partial charge in [0, 0.05) is 42.2 Å². The van der Waals surface area contributed by atoms with Crippen LogP contribution in [0.25, 0.3) is 0 Å². The smallest absolute Gasteiger partial charge is 0.257 e. The van der Waals surface area contributed by atoms with Crippen LogP contribution in [0.4, 0.5) is 17.3 Å². The molecule has 2 aromatic carbocycles. The van der Waals surface area contributed by atoms with Crippen LogP contribution in [0.2, 0.25) is 5.02 Å². The van der Waals surface area contributed by atoms with Gasteiger partial charge < -0.3 is 21.0 Å². The van der Waals surface area contributed by atoms with Crippen molar-refractivity contribution in [3.05, 3.63) is 65.2 Å². The average molecular weight is 494 g/mol. The van der Waals surface area contributed by atoms with Crippen molar-refractivity contribution in [3.8, 4) is 0 Å². The first-order valence-corrected chi connectivity index (χ1v) is 12.3. The summed E-state index contributed by atoms with van der Waals surface area (Å²) < 4.78 is 0. The Labute approximate surface area is 207 Å². The summed E-state index contributed by atoms with van der Waals surface area (Å²) in [6.45, 7) is 4.09. The molecule has 2 aliphatic heterocycles. The molecule has 3 aromatic rings. The van der Waals surface area contributed by atoms with Gasteiger partial charge in [-0.25, -0.2) is 9.97 Å². The molecule has 0 saturated carbocycles. The van der Waals surface area contributed by atoms with E-state index in [2.05, 4.69) is 33.0 Å². The molecule has 1 fully saturated rings. The summed E-state index contributed by atoms with van der Waals surface area (Å²) in [6, 6.07) is 16.9. The molecule has 34 heavy (non-hydrogen) atoms. The maximum atomic E-state index is 12.5. The molecule has 1 saturated heterocycles. The highest BCUT2D eigenvalue weighted by molar-refractivity contribution is 7.99. The lowest BCUT2D eigenvalue weighted by Gasteiger charge is -2.32. The van der Waals surface area contributed by atoms with Gasteiger partial charge in [0.2, 0.25) is 0 Å². The minimum atomic E-state index is -0.245. The molecule has 174 valence electrons. The van der Waals surface area contributed by atoms with E-state index in [-0.39, 0.29) is 5.91 Å². The Kier molecular flexibility index (Phi) is 6.55. The maximum Gasteiger partial charge on any atom is 0.257 e. The number of carbonyl (C=O) groups is 1. The molecule has 1 atom stereocenters. The number of rotatable bonds is 6. The highest BCUT2D eigenvalue weighted by Gasteiger charge is 2.20. The number of benzene rings is 2. The summed E-state index contributed by atoms with van der Waals surface area (Å²) in [4.78, 5) is 25.2. The van der Waals surface area contributed by atoms with Crippen LogP contribution in [0.3, 0.4) is 0 Å². The zero-order valence-electron chi connectivity index (χ0n) is 18.6. The van der Waals surface area contributed by atoms with Crippen molar-refractivity contribution in [3.63, 3.8) is 0 Å². The van der Waals surface area contributed by atoms with Gasteiger partial charge in [-0.15, -0.1) is 0 Å². The number of nitrogens with zero attached hydrogens (tertiary/aromatic N) is 4. The van der Waals surface area contributed by atoms with Crippen LogP contribution in [-0.4, -0.2) is 40.8 Å². The number of hydrogen-bond acceptors (Lipinski definition) is 8. The van der Waals surface area contributed by atoms with Crippen LogP contribution in [0, 0.1) is 0 Å². The molecule has 2 aliphatic rings. The summed E-state index contributed by atoms with van der Waals surface area (Å²) in [6.07, 6.45) is 2.00. The molecule has 10 heteroatoms. The first-order valence-electron chi connectivity index (χ1n) is 11.1. The molecular formula is C24H24ClN7OS. The standard InChI is InChI=1S/C24H24ClN7OS/c1-15-13-21(31-30-15)27-20-14-22(32-11-4-12-32)29-24(28-20)34-17-9-7-16(8-10-17)26-23(33)18-5-2-3-6-19(18)25/h2-3,5-10,14-15,30H,4,11-13H2,1H3,(H,26,33)(H,27,28,29,31). The lowest BCUT2D eigenvalue weighted by molar-refractivity contribution is 0.102. The number of carbonyl (C=O) groups excluding carboxylic acids is 1. The van der Waals surface area contributed by atoms with Crippen molar-refractivity contribution in [1.29, 1.82) is 0 Å². The number of amidine groups is 1. The number of halogens is 1. The molecule has 5 rings (SSSR count). The second kappa shape index (κ2) is 9.90. The third-order valence-corrected chi connectivity index (χ3v) is 6.71. The summed E-state index contributed by atoms with van der Waals surface area (Å²) in [5.41, 5.74) is 4.19. The van der Waals surface area contributed by atoms with E-state index in [1.54, 1.807) is 24.3 Å². The number of nitrogens with one attached hydrogen (secondary N) is 3. The molecule has 1 aromatic heterocycles. The van der Waals surface area contributed by atoms with E-state index in [4.69, 9.17) is 21.6 Å². The zero-order chi connectivity index (χ0) is 23.5. The number of hydrogen-bond donors (Lipinski definition) is 3. The molecule has 3 N–H and O–H groups in total. The molecule has 0 aliphatic carbocycles. The fourth-order valence-electron chi connectivity index (χ4n) is 3.58. The van der Waals surface area contributed by atoms with E-state index in [0.717, 1.165) is 41.9 Å². The molecule has 0 bridgehead atoms. The fourth-order valence-corrected chi connectivity index (χ4v) is 4.57. The van der Waals surface area contributed by atoms with E-state index in [0.29, 0.717) is 27.5 Å². The highest BCUT2D eigenvalue weighted by Crippen LogP contribution is 2.30. The van der Waals surface area contributed by atoms with E-state index in [1.165, 1.54) is 18.2 Å². The third-order valence-electron chi connectivity index (χ3n) is 5.50. The molecule has 0 spiro atoms. The Bertz CT molecular complexity index is 1230. The van der Waals surface area contributed by atoms with E-state index in [9.17, 15) is 4.79 Å². The molecule has 1 amide bonds. The van der Waals surface area contributed by atoms with Crippen molar-refractivity contribution in [2.75, 3.05) is 28.6 Å². The highest BCUT2D eigenvalue weighted by atomic mass is 35.5. The molecular weight excluding hydrogens is 470 g/mol. The summed E-state index contributed by atoms with van der Waals surface area (Å²) in [5, 5.41) is 11.6. The Morgan fingerprint density at radius 1 is 1.15 bits per heavy atom. The van der Waals surface area contributed by atoms with E-state index >= 15 is 0 Å². The van der Waals surface area contributed by atoms with Gasteiger partial charge in [-0.05, 0) is 61.5 Å².